The number of pyridine rings is 2. The summed E-state index contributed by atoms with van der Waals surface area (Å²) in [4.78, 5) is 37.3. The highest BCUT2D eigenvalue weighted by molar-refractivity contribution is 7.14. The van der Waals surface area contributed by atoms with Crippen LogP contribution in [0.5, 0.6) is 0 Å². The summed E-state index contributed by atoms with van der Waals surface area (Å²) in [6.07, 6.45) is 3.39. The van der Waals surface area contributed by atoms with E-state index in [0.717, 1.165) is 16.5 Å². The number of amides is 1. The maximum Gasteiger partial charge on any atom is 0.270 e. The van der Waals surface area contributed by atoms with Crippen molar-refractivity contribution in [3.05, 3.63) is 99.7 Å². The average Bonchev–Trinajstić information content (AvgIpc) is 3.32. The van der Waals surface area contributed by atoms with E-state index in [1.165, 1.54) is 23.5 Å². The zero-order chi connectivity index (χ0) is 23.7. The fourth-order valence-corrected chi connectivity index (χ4v) is 4.31. The molecule has 0 saturated heterocycles. The number of carbonyl (C=O) groups is 1. The lowest BCUT2D eigenvalue weighted by atomic mass is 10.0. The number of anilines is 1. The first-order valence-corrected chi connectivity index (χ1v) is 11.2. The van der Waals surface area contributed by atoms with Gasteiger partial charge in [-0.1, -0.05) is 23.8 Å². The highest BCUT2D eigenvalue weighted by Crippen LogP contribution is 2.29. The minimum atomic E-state index is -0.449. The molecule has 0 fully saturated rings. The van der Waals surface area contributed by atoms with Gasteiger partial charge in [0.25, 0.3) is 11.6 Å². The van der Waals surface area contributed by atoms with Crippen LogP contribution in [-0.4, -0.2) is 25.8 Å². The molecule has 0 aliphatic heterocycles. The van der Waals surface area contributed by atoms with Crippen molar-refractivity contribution in [3.8, 4) is 22.5 Å². The third-order valence-corrected chi connectivity index (χ3v) is 6.00. The summed E-state index contributed by atoms with van der Waals surface area (Å²) in [5.41, 5.74) is 4.78. The number of benzene rings is 2. The Labute approximate surface area is 198 Å². The van der Waals surface area contributed by atoms with Gasteiger partial charge in [0.1, 0.15) is 0 Å². The van der Waals surface area contributed by atoms with Gasteiger partial charge in [0.05, 0.1) is 27.4 Å². The van der Waals surface area contributed by atoms with Crippen molar-refractivity contribution in [2.45, 2.75) is 6.92 Å². The minimum Gasteiger partial charge on any atom is -0.298 e. The highest BCUT2D eigenvalue weighted by atomic mass is 32.1. The molecule has 3 heterocycles. The second-order valence-corrected chi connectivity index (χ2v) is 8.47. The topological polar surface area (TPSA) is 111 Å². The van der Waals surface area contributed by atoms with E-state index in [4.69, 9.17) is 4.98 Å². The molecule has 5 rings (SSSR count). The Morgan fingerprint density at radius 3 is 2.65 bits per heavy atom. The smallest absolute Gasteiger partial charge is 0.270 e. The lowest BCUT2D eigenvalue weighted by molar-refractivity contribution is -0.384. The van der Waals surface area contributed by atoms with Crippen LogP contribution in [0.25, 0.3) is 33.4 Å². The fourth-order valence-electron chi connectivity index (χ4n) is 3.60. The first kappa shape index (κ1) is 21.4. The van der Waals surface area contributed by atoms with Crippen molar-refractivity contribution in [1.82, 2.24) is 15.0 Å². The van der Waals surface area contributed by atoms with E-state index in [1.807, 2.05) is 37.3 Å². The maximum absolute atomic E-state index is 13.3. The highest BCUT2D eigenvalue weighted by Gasteiger charge is 2.17. The lowest BCUT2D eigenvalue weighted by Gasteiger charge is -2.10. The van der Waals surface area contributed by atoms with Crippen LogP contribution in [0.4, 0.5) is 10.8 Å². The van der Waals surface area contributed by atoms with Crippen LogP contribution in [0.2, 0.25) is 0 Å². The normalized spacial score (nSPS) is 10.9. The van der Waals surface area contributed by atoms with E-state index in [1.54, 1.807) is 36.0 Å². The van der Waals surface area contributed by atoms with Gasteiger partial charge in [-0.25, -0.2) is 9.97 Å². The number of nitrogens with one attached hydrogen (secondary N) is 1. The van der Waals surface area contributed by atoms with E-state index in [2.05, 4.69) is 15.3 Å². The molecule has 1 N–H and O–H groups in total. The van der Waals surface area contributed by atoms with E-state index >= 15 is 0 Å². The quantitative estimate of drug-likeness (QED) is 0.255. The fraction of sp³-hybridized carbons (Fsp3) is 0.0400. The summed E-state index contributed by atoms with van der Waals surface area (Å²) in [5.74, 6) is -0.317. The molecule has 34 heavy (non-hydrogen) atoms. The summed E-state index contributed by atoms with van der Waals surface area (Å²) >= 11 is 1.25. The molecular weight excluding hydrogens is 450 g/mol. The molecule has 0 bridgehead atoms. The van der Waals surface area contributed by atoms with Crippen LogP contribution in [0.15, 0.2) is 78.4 Å². The zero-order valence-electron chi connectivity index (χ0n) is 17.9. The van der Waals surface area contributed by atoms with Gasteiger partial charge in [0.15, 0.2) is 5.13 Å². The largest absolute Gasteiger partial charge is 0.298 e. The van der Waals surface area contributed by atoms with Crippen molar-refractivity contribution in [2.75, 3.05) is 5.32 Å². The first-order chi connectivity index (χ1) is 16.5. The van der Waals surface area contributed by atoms with Gasteiger partial charge in [-0.15, -0.1) is 11.3 Å². The second kappa shape index (κ2) is 8.80. The molecule has 0 aliphatic rings. The average molecular weight is 468 g/mol. The third kappa shape index (κ3) is 4.24. The number of rotatable bonds is 5. The number of nitro groups is 1. The number of aromatic nitrogens is 3. The number of nitro benzene ring substituents is 1. The van der Waals surface area contributed by atoms with Gasteiger partial charge in [0, 0.05) is 46.4 Å². The summed E-state index contributed by atoms with van der Waals surface area (Å²) in [5, 5.41) is 16.8. The summed E-state index contributed by atoms with van der Waals surface area (Å²) < 4.78 is 0. The van der Waals surface area contributed by atoms with Crippen LogP contribution in [0.3, 0.4) is 0 Å². The van der Waals surface area contributed by atoms with E-state index in [0.29, 0.717) is 33.2 Å². The molecule has 0 aliphatic carbocycles. The number of carbonyl (C=O) groups excluding carboxylic acids is 1. The second-order valence-electron chi connectivity index (χ2n) is 7.62. The van der Waals surface area contributed by atoms with Crippen molar-refractivity contribution >= 4 is 39.0 Å². The number of hydrogen-bond donors (Lipinski definition) is 1. The van der Waals surface area contributed by atoms with Gasteiger partial charge >= 0.3 is 0 Å². The molecule has 166 valence electrons. The Kier molecular flexibility index (Phi) is 5.52. The standard InChI is InChI=1S/C25H17N5O3S/c1-15-7-8-21-19(10-15)20(12-22(27-21)17-5-3-9-26-13-17)24(31)29-25-28-23(14-34-25)16-4-2-6-18(11-16)30(32)33/h2-14H,1H3,(H,28,29,31). The summed E-state index contributed by atoms with van der Waals surface area (Å²) in [6, 6.07) is 17.5. The van der Waals surface area contributed by atoms with Crippen molar-refractivity contribution in [1.29, 1.82) is 0 Å². The Morgan fingerprint density at radius 1 is 1.00 bits per heavy atom. The molecule has 3 aromatic heterocycles. The molecule has 0 radical (unpaired) electrons. The van der Waals surface area contributed by atoms with Crippen molar-refractivity contribution < 1.29 is 9.72 Å². The number of fused-ring (bicyclic) bond motifs is 1. The van der Waals surface area contributed by atoms with Gasteiger partial charge in [-0.3, -0.25) is 25.2 Å². The van der Waals surface area contributed by atoms with Gasteiger partial charge in [-0.2, -0.15) is 0 Å². The molecule has 0 unspecified atom stereocenters. The molecular formula is C25H17N5O3S. The number of thiazole rings is 1. The van der Waals surface area contributed by atoms with Gasteiger partial charge < -0.3 is 0 Å². The first-order valence-electron chi connectivity index (χ1n) is 10.3. The van der Waals surface area contributed by atoms with Crippen LogP contribution in [0.1, 0.15) is 15.9 Å². The number of non-ortho nitro benzene ring substituents is 1. The molecule has 5 aromatic rings. The van der Waals surface area contributed by atoms with Crippen LogP contribution in [-0.2, 0) is 0 Å². The molecule has 8 nitrogen and oxygen atoms in total. The van der Waals surface area contributed by atoms with Crippen LogP contribution < -0.4 is 5.32 Å². The van der Waals surface area contributed by atoms with Crippen LogP contribution >= 0.6 is 11.3 Å². The third-order valence-electron chi connectivity index (χ3n) is 5.24. The summed E-state index contributed by atoms with van der Waals surface area (Å²) in [6.45, 7) is 1.96. The molecule has 0 spiro atoms. The maximum atomic E-state index is 13.3. The van der Waals surface area contributed by atoms with E-state index in [-0.39, 0.29) is 11.6 Å². The predicted octanol–water partition coefficient (Wildman–Crippen LogP) is 5.89. The monoisotopic (exact) mass is 467 g/mol. The van der Waals surface area contributed by atoms with Crippen LogP contribution in [0, 0.1) is 17.0 Å². The summed E-state index contributed by atoms with van der Waals surface area (Å²) in [7, 11) is 0. The van der Waals surface area contributed by atoms with Gasteiger partial charge in [-0.05, 0) is 37.3 Å². The molecule has 0 atom stereocenters. The number of nitrogens with zero attached hydrogens (tertiary/aromatic N) is 4. The van der Waals surface area contributed by atoms with Crippen molar-refractivity contribution in [2.24, 2.45) is 0 Å². The zero-order valence-corrected chi connectivity index (χ0v) is 18.7. The van der Waals surface area contributed by atoms with Gasteiger partial charge in [0.2, 0.25) is 0 Å². The van der Waals surface area contributed by atoms with E-state index in [9.17, 15) is 14.9 Å². The van der Waals surface area contributed by atoms with E-state index < -0.39 is 4.92 Å². The molecule has 0 saturated carbocycles. The number of aryl methyl sites for hydroxylation is 1. The lowest BCUT2D eigenvalue weighted by Crippen LogP contribution is -2.13. The van der Waals surface area contributed by atoms with Crippen molar-refractivity contribution in [3.63, 3.8) is 0 Å². The Balaban J connectivity index is 1.50. The Morgan fingerprint density at radius 2 is 1.85 bits per heavy atom. The Hall–Kier alpha value is -4.50. The minimum absolute atomic E-state index is 0.0161. The predicted molar refractivity (Wildman–Crippen MR) is 132 cm³/mol. The molecule has 2 aromatic carbocycles. The number of hydrogen-bond acceptors (Lipinski definition) is 7. The molecule has 9 heteroatoms. The SMILES string of the molecule is Cc1ccc2nc(-c3cccnc3)cc(C(=O)Nc3nc(-c4cccc([N+](=O)[O-])c4)cs3)c2c1. The molecule has 1 amide bonds. The Bertz CT molecular complexity index is 1550.